The van der Waals surface area contributed by atoms with Crippen LogP contribution in [0.15, 0.2) is 18.5 Å². The molecule has 9 nitrogen and oxygen atoms in total. The van der Waals surface area contributed by atoms with Crippen molar-refractivity contribution in [1.82, 2.24) is 25.1 Å². The minimum absolute atomic E-state index is 0.231. The average Bonchev–Trinajstić information content (AvgIpc) is 3.02. The Hall–Kier alpha value is -2.68. The van der Waals surface area contributed by atoms with Crippen LogP contribution in [0.25, 0.3) is 0 Å². The van der Waals surface area contributed by atoms with Crippen LogP contribution >= 0.6 is 0 Å². The highest BCUT2D eigenvalue weighted by molar-refractivity contribution is 5.96. The lowest BCUT2D eigenvalue weighted by molar-refractivity contribution is 0.0946. The standard InChI is InChI=1S/C15H20N6O3/c1-20-10-11(15(19-20)23-2)14(22)17-9-12-16-4-3-13(18-12)21-5-7-24-8-6-21/h3-4,10H,5-9H2,1-2H3,(H,17,22). The lowest BCUT2D eigenvalue weighted by Gasteiger charge is -2.27. The predicted molar refractivity (Wildman–Crippen MR) is 86.0 cm³/mol. The zero-order chi connectivity index (χ0) is 16.9. The quantitative estimate of drug-likeness (QED) is 0.822. The molecule has 3 heterocycles. The molecular weight excluding hydrogens is 312 g/mol. The van der Waals surface area contributed by atoms with E-state index in [1.54, 1.807) is 19.4 Å². The molecule has 0 radical (unpaired) electrons. The maximum Gasteiger partial charge on any atom is 0.258 e. The second kappa shape index (κ2) is 7.26. The first-order valence-electron chi connectivity index (χ1n) is 7.68. The molecule has 9 heteroatoms. The summed E-state index contributed by atoms with van der Waals surface area (Å²) in [5.41, 5.74) is 0.379. The van der Waals surface area contributed by atoms with Crippen LogP contribution in [-0.4, -0.2) is 59.1 Å². The van der Waals surface area contributed by atoms with Gasteiger partial charge in [0.1, 0.15) is 17.2 Å². The molecular formula is C15H20N6O3. The van der Waals surface area contributed by atoms with Gasteiger partial charge in [0.2, 0.25) is 5.88 Å². The summed E-state index contributed by atoms with van der Waals surface area (Å²) in [6, 6.07) is 1.86. The first kappa shape index (κ1) is 16.2. The van der Waals surface area contributed by atoms with Crippen molar-refractivity contribution < 1.29 is 14.3 Å². The lowest BCUT2D eigenvalue weighted by atomic mass is 10.3. The highest BCUT2D eigenvalue weighted by Crippen LogP contribution is 2.15. The fraction of sp³-hybridized carbons (Fsp3) is 0.467. The second-order valence-corrected chi connectivity index (χ2v) is 5.34. The summed E-state index contributed by atoms with van der Waals surface area (Å²) in [7, 11) is 3.21. The van der Waals surface area contributed by atoms with Crippen molar-refractivity contribution in [3.8, 4) is 5.88 Å². The van der Waals surface area contributed by atoms with Crippen LogP contribution in [0.1, 0.15) is 16.2 Å². The minimum atomic E-state index is -0.277. The number of ether oxygens (including phenoxy) is 2. The van der Waals surface area contributed by atoms with Crippen LogP contribution in [0.3, 0.4) is 0 Å². The molecule has 0 aliphatic carbocycles. The van der Waals surface area contributed by atoms with E-state index in [4.69, 9.17) is 9.47 Å². The van der Waals surface area contributed by atoms with E-state index in [0.29, 0.717) is 24.6 Å². The first-order valence-corrected chi connectivity index (χ1v) is 7.68. The molecule has 2 aromatic heterocycles. The second-order valence-electron chi connectivity index (χ2n) is 5.34. The normalized spacial score (nSPS) is 14.5. The molecule has 0 unspecified atom stereocenters. The van der Waals surface area contributed by atoms with Crippen molar-refractivity contribution in [2.75, 3.05) is 38.3 Å². The van der Waals surface area contributed by atoms with Crippen LogP contribution in [0.2, 0.25) is 0 Å². The fourth-order valence-corrected chi connectivity index (χ4v) is 2.47. The van der Waals surface area contributed by atoms with Gasteiger partial charge in [0.25, 0.3) is 5.91 Å². The van der Waals surface area contributed by atoms with Gasteiger partial charge in [-0.25, -0.2) is 9.97 Å². The summed E-state index contributed by atoms with van der Waals surface area (Å²) in [5.74, 6) is 1.41. The molecule has 1 fully saturated rings. The molecule has 24 heavy (non-hydrogen) atoms. The predicted octanol–water partition coefficient (Wildman–Crippen LogP) is -0.0147. The number of aryl methyl sites for hydroxylation is 1. The van der Waals surface area contributed by atoms with E-state index < -0.39 is 0 Å². The summed E-state index contributed by atoms with van der Waals surface area (Å²) in [5, 5.41) is 6.86. The number of methoxy groups -OCH3 is 1. The highest BCUT2D eigenvalue weighted by Gasteiger charge is 2.17. The summed E-state index contributed by atoms with van der Waals surface area (Å²) >= 11 is 0. The third-order valence-electron chi connectivity index (χ3n) is 3.67. The Morgan fingerprint density at radius 3 is 2.96 bits per heavy atom. The zero-order valence-electron chi connectivity index (χ0n) is 13.7. The minimum Gasteiger partial charge on any atom is -0.479 e. The van der Waals surface area contributed by atoms with E-state index in [1.165, 1.54) is 11.8 Å². The number of anilines is 1. The van der Waals surface area contributed by atoms with E-state index in [0.717, 1.165) is 18.9 Å². The molecule has 1 amide bonds. The van der Waals surface area contributed by atoms with Gasteiger partial charge in [0.05, 0.1) is 26.9 Å². The summed E-state index contributed by atoms with van der Waals surface area (Å²) in [6.45, 7) is 3.22. The van der Waals surface area contributed by atoms with Crippen molar-refractivity contribution in [3.05, 3.63) is 29.8 Å². The zero-order valence-corrected chi connectivity index (χ0v) is 13.7. The smallest absolute Gasteiger partial charge is 0.258 e. The maximum atomic E-state index is 12.3. The third-order valence-corrected chi connectivity index (χ3v) is 3.67. The molecule has 0 saturated carbocycles. The van der Waals surface area contributed by atoms with Crippen LogP contribution in [0, 0.1) is 0 Å². The molecule has 0 atom stereocenters. The monoisotopic (exact) mass is 332 g/mol. The molecule has 3 rings (SSSR count). The van der Waals surface area contributed by atoms with Crippen LogP contribution in [-0.2, 0) is 18.3 Å². The van der Waals surface area contributed by atoms with Crippen LogP contribution < -0.4 is 15.0 Å². The number of aromatic nitrogens is 4. The number of carbonyl (C=O) groups excluding carboxylic acids is 1. The molecule has 128 valence electrons. The Morgan fingerprint density at radius 2 is 2.21 bits per heavy atom. The van der Waals surface area contributed by atoms with Gasteiger partial charge >= 0.3 is 0 Å². The summed E-state index contributed by atoms with van der Waals surface area (Å²) in [4.78, 5) is 23.1. The van der Waals surface area contributed by atoms with Gasteiger partial charge in [0, 0.05) is 32.5 Å². The Morgan fingerprint density at radius 1 is 1.42 bits per heavy atom. The highest BCUT2D eigenvalue weighted by atomic mass is 16.5. The van der Waals surface area contributed by atoms with E-state index in [9.17, 15) is 4.79 Å². The molecule has 2 aromatic rings. The Balaban J connectivity index is 1.64. The third kappa shape index (κ3) is 3.62. The summed E-state index contributed by atoms with van der Waals surface area (Å²) < 4.78 is 12.0. The van der Waals surface area contributed by atoms with E-state index >= 15 is 0 Å². The molecule has 0 spiro atoms. The fourth-order valence-electron chi connectivity index (χ4n) is 2.47. The number of amides is 1. The van der Waals surface area contributed by atoms with Crippen molar-refractivity contribution in [1.29, 1.82) is 0 Å². The van der Waals surface area contributed by atoms with Crippen LogP contribution in [0.4, 0.5) is 5.82 Å². The number of morpholine rings is 1. The van der Waals surface area contributed by atoms with Crippen molar-refractivity contribution in [3.63, 3.8) is 0 Å². The maximum absolute atomic E-state index is 12.3. The molecule has 1 aliphatic heterocycles. The Labute approximate surface area is 139 Å². The van der Waals surface area contributed by atoms with Crippen molar-refractivity contribution in [2.24, 2.45) is 7.05 Å². The number of rotatable bonds is 5. The SMILES string of the molecule is COc1nn(C)cc1C(=O)NCc1nccc(N2CCOCC2)n1. The number of nitrogens with zero attached hydrogens (tertiary/aromatic N) is 5. The van der Waals surface area contributed by atoms with Gasteiger partial charge in [-0.3, -0.25) is 9.48 Å². The number of hydrogen-bond acceptors (Lipinski definition) is 7. The van der Waals surface area contributed by atoms with Crippen molar-refractivity contribution >= 4 is 11.7 Å². The Bertz CT molecular complexity index is 711. The Kier molecular flexibility index (Phi) is 4.90. The van der Waals surface area contributed by atoms with E-state index in [1.807, 2.05) is 6.07 Å². The molecule has 1 aliphatic rings. The van der Waals surface area contributed by atoms with Gasteiger partial charge in [-0.15, -0.1) is 5.10 Å². The first-order chi connectivity index (χ1) is 11.7. The van der Waals surface area contributed by atoms with Gasteiger partial charge in [0.15, 0.2) is 0 Å². The largest absolute Gasteiger partial charge is 0.479 e. The number of nitrogens with one attached hydrogen (secondary N) is 1. The molecule has 1 N–H and O–H groups in total. The summed E-state index contributed by atoms with van der Waals surface area (Å²) in [6.07, 6.45) is 3.31. The van der Waals surface area contributed by atoms with E-state index in [-0.39, 0.29) is 18.3 Å². The average molecular weight is 332 g/mol. The molecule has 0 bridgehead atoms. The molecule has 1 saturated heterocycles. The van der Waals surface area contributed by atoms with Gasteiger partial charge < -0.3 is 19.7 Å². The van der Waals surface area contributed by atoms with Gasteiger partial charge in [-0.2, -0.15) is 0 Å². The number of hydrogen-bond donors (Lipinski definition) is 1. The van der Waals surface area contributed by atoms with Crippen LogP contribution in [0.5, 0.6) is 5.88 Å². The van der Waals surface area contributed by atoms with E-state index in [2.05, 4.69) is 25.3 Å². The molecule has 0 aromatic carbocycles. The van der Waals surface area contributed by atoms with Gasteiger partial charge in [-0.05, 0) is 6.07 Å². The van der Waals surface area contributed by atoms with Gasteiger partial charge in [-0.1, -0.05) is 0 Å². The van der Waals surface area contributed by atoms with Crippen molar-refractivity contribution in [2.45, 2.75) is 6.54 Å². The lowest BCUT2D eigenvalue weighted by Crippen LogP contribution is -2.37. The topological polar surface area (TPSA) is 94.4 Å². The number of carbonyl (C=O) groups is 1.